The molecule has 3 nitrogen and oxygen atoms in total. The Balaban J connectivity index is 0.00000196. The van der Waals surface area contributed by atoms with E-state index in [4.69, 9.17) is 0 Å². The Morgan fingerprint density at radius 1 is 1.27 bits per heavy atom. The average molecular weight is 395 g/mol. The quantitative estimate of drug-likeness (QED) is 0.769. The van der Waals surface area contributed by atoms with Gasteiger partial charge in [0.2, 0.25) is 0 Å². The smallest absolute Gasteiger partial charge is 0.159 e. The molecule has 1 aromatic carbocycles. The number of hydrogen-bond donors (Lipinski definition) is 2. The summed E-state index contributed by atoms with van der Waals surface area (Å²) in [7, 11) is 0. The first-order valence-electron chi connectivity index (χ1n) is 9.90. The van der Waals surface area contributed by atoms with Gasteiger partial charge < -0.3 is 5.11 Å². The van der Waals surface area contributed by atoms with Gasteiger partial charge in [-0.05, 0) is 42.1 Å². The van der Waals surface area contributed by atoms with E-state index in [-0.39, 0.29) is 18.4 Å². The summed E-state index contributed by atoms with van der Waals surface area (Å²) in [4.78, 5) is 2.54. The van der Waals surface area contributed by atoms with Gasteiger partial charge in [-0.1, -0.05) is 50.8 Å². The number of aliphatic hydroxyl groups is 1. The Bertz CT molecular complexity index is 713. The van der Waals surface area contributed by atoms with Gasteiger partial charge in [-0.15, -0.1) is 23.7 Å². The largest absolute Gasteiger partial charge is 0.370 e. The monoisotopic (exact) mass is 394 g/mol. The highest BCUT2D eigenvalue weighted by Gasteiger charge is 2.46. The van der Waals surface area contributed by atoms with Crippen LogP contribution in [0.1, 0.15) is 51.0 Å². The van der Waals surface area contributed by atoms with Crippen LogP contribution in [0.2, 0.25) is 0 Å². The molecule has 1 aliphatic heterocycles. The van der Waals surface area contributed by atoms with Gasteiger partial charge in [-0.2, -0.15) is 0 Å². The summed E-state index contributed by atoms with van der Waals surface area (Å²) in [5.41, 5.74) is 0.146. The Labute approximate surface area is 167 Å². The molecule has 0 radical (unpaired) electrons. The number of thiophene rings is 1. The second-order valence-corrected chi connectivity index (χ2v) is 8.69. The molecule has 2 atom stereocenters. The van der Waals surface area contributed by atoms with E-state index in [0.717, 1.165) is 44.0 Å². The summed E-state index contributed by atoms with van der Waals surface area (Å²) in [5.74, 6) is 0.765. The Morgan fingerprint density at radius 2 is 2.04 bits per heavy atom. The summed E-state index contributed by atoms with van der Waals surface area (Å²) in [6.45, 7) is 5.20. The van der Waals surface area contributed by atoms with Crippen molar-refractivity contribution in [2.75, 3.05) is 19.6 Å². The van der Waals surface area contributed by atoms with E-state index in [1.807, 2.05) is 0 Å². The zero-order chi connectivity index (χ0) is 17.3. The predicted molar refractivity (Wildman–Crippen MR) is 113 cm³/mol. The molecule has 0 spiro atoms. The van der Waals surface area contributed by atoms with Crippen LogP contribution in [0.3, 0.4) is 0 Å². The first kappa shape index (κ1) is 20.1. The van der Waals surface area contributed by atoms with Crippen molar-refractivity contribution < 1.29 is 5.11 Å². The van der Waals surface area contributed by atoms with Gasteiger partial charge >= 0.3 is 0 Å². The average Bonchev–Trinajstić information content (AvgIpc) is 3.28. The van der Waals surface area contributed by atoms with E-state index in [2.05, 4.69) is 46.8 Å². The highest BCUT2D eigenvalue weighted by Crippen LogP contribution is 2.41. The Kier molecular flexibility index (Phi) is 6.63. The third-order valence-electron chi connectivity index (χ3n) is 6.15. The fourth-order valence-electron chi connectivity index (χ4n) is 4.91. The van der Waals surface area contributed by atoms with E-state index >= 15 is 0 Å². The van der Waals surface area contributed by atoms with Gasteiger partial charge in [-0.3, -0.25) is 10.2 Å². The topological polar surface area (TPSA) is 35.5 Å². The maximum absolute atomic E-state index is 11.9. The summed E-state index contributed by atoms with van der Waals surface area (Å²) in [5, 5.41) is 18.8. The van der Waals surface area contributed by atoms with Gasteiger partial charge in [0.1, 0.15) is 0 Å². The molecule has 26 heavy (non-hydrogen) atoms. The van der Waals surface area contributed by atoms with Crippen LogP contribution in [-0.4, -0.2) is 35.7 Å². The third-order valence-corrected chi connectivity index (χ3v) is 7.11. The summed E-state index contributed by atoms with van der Waals surface area (Å²) in [6, 6.07) is 8.65. The summed E-state index contributed by atoms with van der Waals surface area (Å²) < 4.78 is 1.26. The van der Waals surface area contributed by atoms with Crippen LogP contribution in [0, 0.1) is 5.92 Å². The van der Waals surface area contributed by atoms with Crippen LogP contribution in [0.25, 0.3) is 10.1 Å². The zero-order valence-electron chi connectivity index (χ0n) is 15.6. The van der Waals surface area contributed by atoms with Crippen molar-refractivity contribution in [1.29, 1.82) is 0 Å². The molecule has 0 bridgehead atoms. The molecule has 4 rings (SSSR count). The van der Waals surface area contributed by atoms with Crippen LogP contribution in [0.5, 0.6) is 0 Å². The van der Waals surface area contributed by atoms with Crippen LogP contribution in [0.4, 0.5) is 0 Å². The van der Waals surface area contributed by atoms with Crippen LogP contribution in [0.15, 0.2) is 29.6 Å². The standard InChI is InChI=1S/C21H30N2OS.ClH/c1-2-12-23-13-11-22-21(24,20(23)14-16-7-3-4-8-16)18-15-25-19-10-6-5-9-17(18)19;/h5-6,9-10,15-16,20,22,24H,2-4,7-8,11-14H2,1H3;1H. The van der Waals surface area contributed by atoms with Gasteiger partial charge in [0, 0.05) is 23.4 Å². The molecule has 2 aromatic rings. The second kappa shape index (κ2) is 8.57. The van der Waals surface area contributed by atoms with E-state index in [0.29, 0.717) is 0 Å². The Hall–Kier alpha value is -0.650. The van der Waals surface area contributed by atoms with Gasteiger partial charge in [0.15, 0.2) is 5.72 Å². The van der Waals surface area contributed by atoms with Crippen molar-refractivity contribution >= 4 is 33.8 Å². The second-order valence-electron chi connectivity index (χ2n) is 7.78. The highest BCUT2D eigenvalue weighted by molar-refractivity contribution is 7.17. The van der Waals surface area contributed by atoms with E-state index in [1.165, 1.54) is 35.8 Å². The minimum absolute atomic E-state index is 0. The molecule has 2 N–H and O–H groups in total. The third kappa shape index (κ3) is 3.67. The van der Waals surface area contributed by atoms with Crippen molar-refractivity contribution in [3.8, 4) is 0 Å². The number of hydrogen-bond acceptors (Lipinski definition) is 4. The van der Waals surface area contributed by atoms with Crippen molar-refractivity contribution in [1.82, 2.24) is 10.2 Å². The van der Waals surface area contributed by atoms with E-state index in [9.17, 15) is 5.11 Å². The number of benzene rings is 1. The number of rotatable bonds is 5. The maximum atomic E-state index is 11.9. The Morgan fingerprint density at radius 3 is 2.81 bits per heavy atom. The lowest BCUT2D eigenvalue weighted by atomic mass is 9.84. The molecule has 1 saturated carbocycles. The van der Waals surface area contributed by atoms with E-state index < -0.39 is 5.72 Å². The number of halogens is 1. The molecule has 2 aliphatic rings. The van der Waals surface area contributed by atoms with Crippen molar-refractivity contribution in [3.05, 3.63) is 35.2 Å². The number of nitrogens with one attached hydrogen (secondary N) is 1. The molecule has 0 amide bonds. The summed E-state index contributed by atoms with van der Waals surface area (Å²) >= 11 is 1.75. The summed E-state index contributed by atoms with van der Waals surface area (Å²) in [6.07, 6.45) is 7.62. The molecule has 1 aromatic heterocycles. The zero-order valence-corrected chi connectivity index (χ0v) is 17.2. The molecule has 1 aliphatic carbocycles. The number of fused-ring (bicyclic) bond motifs is 1. The van der Waals surface area contributed by atoms with E-state index in [1.54, 1.807) is 11.3 Å². The molecule has 2 heterocycles. The minimum atomic E-state index is -0.935. The minimum Gasteiger partial charge on any atom is -0.370 e. The first-order chi connectivity index (χ1) is 12.2. The molecule has 1 saturated heterocycles. The van der Waals surface area contributed by atoms with Gasteiger partial charge in [-0.25, -0.2) is 0 Å². The number of nitrogens with zero attached hydrogens (tertiary/aromatic N) is 1. The van der Waals surface area contributed by atoms with Crippen molar-refractivity contribution in [2.45, 2.75) is 57.2 Å². The molecular weight excluding hydrogens is 364 g/mol. The first-order valence-corrected chi connectivity index (χ1v) is 10.8. The van der Waals surface area contributed by atoms with Crippen LogP contribution in [-0.2, 0) is 5.72 Å². The fraction of sp³-hybridized carbons (Fsp3) is 0.619. The normalized spacial score (nSPS) is 27.7. The molecule has 5 heteroatoms. The predicted octanol–water partition coefficient (Wildman–Crippen LogP) is 4.73. The molecular formula is C21H31ClN2OS. The van der Waals surface area contributed by atoms with Gasteiger partial charge in [0.05, 0.1) is 6.04 Å². The fourth-order valence-corrected chi connectivity index (χ4v) is 5.93. The lowest BCUT2D eigenvalue weighted by Gasteiger charge is -2.48. The molecule has 2 unspecified atom stereocenters. The lowest BCUT2D eigenvalue weighted by Crippen LogP contribution is -2.65. The van der Waals surface area contributed by atoms with Crippen LogP contribution < -0.4 is 5.32 Å². The van der Waals surface area contributed by atoms with Crippen LogP contribution >= 0.6 is 23.7 Å². The molecule has 144 valence electrons. The highest BCUT2D eigenvalue weighted by atomic mass is 35.5. The van der Waals surface area contributed by atoms with Crippen molar-refractivity contribution in [2.24, 2.45) is 5.92 Å². The molecule has 2 fully saturated rings. The SMILES string of the molecule is CCCN1CCNC(O)(c2csc3ccccc23)C1CC1CCCC1.Cl. The number of piperazine rings is 1. The maximum Gasteiger partial charge on any atom is 0.159 e. The van der Waals surface area contributed by atoms with Crippen molar-refractivity contribution in [3.63, 3.8) is 0 Å². The lowest BCUT2D eigenvalue weighted by molar-refractivity contribution is -0.110. The van der Waals surface area contributed by atoms with Gasteiger partial charge in [0.25, 0.3) is 0 Å².